The standard InChI is InChI=1S/C16H13IN2OS/c17-12-7-5-11(6-8-12)16(20)18-10-9-15-19-13-3-1-2-4-14(13)21-15/h1-8H,9-10H2,(H,18,20). The van der Waals surface area contributed by atoms with Gasteiger partial charge in [0.25, 0.3) is 5.91 Å². The number of rotatable bonds is 4. The molecule has 0 saturated heterocycles. The number of hydrogen-bond acceptors (Lipinski definition) is 3. The summed E-state index contributed by atoms with van der Waals surface area (Å²) in [6, 6.07) is 15.6. The van der Waals surface area contributed by atoms with Gasteiger partial charge in [-0.2, -0.15) is 0 Å². The van der Waals surface area contributed by atoms with Crippen LogP contribution in [0.4, 0.5) is 0 Å². The van der Waals surface area contributed by atoms with Crippen LogP contribution in [0, 0.1) is 3.57 Å². The molecule has 3 aromatic rings. The highest BCUT2D eigenvalue weighted by Crippen LogP contribution is 2.21. The van der Waals surface area contributed by atoms with Gasteiger partial charge < -0.3 is 5.32 Å². The van der Waals surface area contributed by atoms with Gasteiger partial charge in [-0.3, -0.25) is 4.79 Å². The number of carbonyl (C=O) groups is 1. The molecule has 0 aliphatic rings. The first-order valence-corrected chi connectivity index (χ1v) is 8.50. The molecular formula is C16H13IN2OS. The summed E-state index contributed by atoms with van der Waals surface area (Å²) in [7, 11) is 0. The molecule has 1 heterocycles. The Morgan fingerprint density at radius 1 is 1.14 bits per heavy atom. The largest absolute Gasteiger partial charge is 0.352 e. The third-order valence-electron chi connectivity index (χ3n) is 3.07. The average Bonchev–Trinajstić information content (AvgIpc) is 2.90. The second-order valence-corrected chi connectivity index (χ2v) is 6.95. The lowest BCUT2D eigenvalue weighted by atomic mass is 10.2. The van der Waals surface area contributed by atoms with Crippen LogP contribution in [0.15, 0.2) is 48.5 Å². The summed E-state index contributed by atoms with van der Waals surface area (Å²) in [5.74, 6) is -0.0347. The van der Waals surface area contributed by atoms with E-state index in [0.717, 1.165) is 20.5 Å². The van der Waals surface area contributed by atoms with Crippen LogP contribution in [0.3, 0.4) is 0 Å². The fourth-order valence-electron chi connectivity index (χ4n) is 2.01. The molecule has 0 radical (unpaired) electrons. The second kappa shape index (κ2) is 6.53. The van der Waals surface area contributed by atoms with Crippen molar-refractivity contribution in [3.8, 4) is 0 Å². The highest BCUT2D eigenvalue weighted by Gasteiger charge is 2.06. The zero-order valence-corrected chi connectivity index (χ0v) is 14.1. The van der Waals surface area contributed by atoms with E-state index in [0.29, 0.717) is 12.1 Å². The molecule has 0 atom stereocenters. The van der Waals surface area contributed by atoms with Crippen LogP contribution in [0.1, 0.15) is 15.4 Å². The van der Waals surface area contributed by atoms with E-state index >= 15 is 0 Å². The van der Waals surface area contributed by atoms with Crippen LogP contribution in [-0.2, 0) is 6.42 Å². The molecule has 0 aliphatic carbocycles. The zero-order valence-electron chi connectivity index (χ0n) is 11.2. The number of fused-ring (bicyclic) bond motifs is 1. The third kappa shape index (κ3) is 3.59. The summed E-state index contributed by atoms with van der Waals surface area (Å²) in [4.78, 5) is 16.5. The molecule has 5 heteroatoms. The number of aromatic nitrogens is 1. The zero-order chi connectivity index (χ0) is 14.7. The fraction of sp³-hybridized carbons (Fsp3) is 0.125. The molecule has 1 aromatic heterocycles. The first-order chi connectivity index (χ1) is 10.2. The maximum absolute atomic E-state index is 12.0. The van der Waals surface area contributed by atoms with E-state index in [1.165, 1.54) is 4.70 Å². The van der Waals surface area contributed by atoms with Crippen LogP contribution in [-0.4, -0.2) is 17.4 Å². The Bertz CT molecular complexity index is 734. The second-order valence-electron chi connectivity index (χ2n) is 4.59. The molecule has 21 heavy (non-hydrogen) atoms. The smallest absolute Gasteiger partial charge is 0.251 e. The topological polar surface area (TPSA) is 42.0 Å². The van der Waals surface area contributed by atoms with Gasteiger partial charge in [-0.15, -0.1) is 11.3 Å². The summed E-state index contributed by atoms with van der Waals surface area (Å²) >= 11 is 3.91. The van der Waals surface area contributed by atoms with Gasteiger partial charge in [-0.25, -0.2) is 4.98 Å². The number of nitrogens with zero attached hydrogens (tertiary/aromatic N) is 1. The number of carbonyl (C=O) groups excluding carboxylic acids is 1. The molecule has 0 aliphatic heterocycles. The van der Waals surface area contributed by atoms with E-state index in [1.807, 2.05) is 42.5 Å². The van der Waals surface area contributed by atoms with Crippen molar-refractivity contribution < 1.29 is 4.79 Å². The van der Waals surface area contributed by atoms with Crippen molar-refractivity contribution in [2.45, 2.75) is 6.42 Å². The SMILES string of the molecule is O=C(NCCc1nc2ccccc2s1)c1ccc(I)cc1. The number of amides is 1. The number of halogens is 1. The molecule has 3 nitrogen and oxygen atoms in total. The Morgan fingerprint density at radius 2 is 1.90 bits per heavy atom. The van der Waals surface area contributed by atoms with E-state index in [-0.39, 0.29) is 5.91 Å². The van der Waals surface area contributed by atoms with Gasteiger partial charge in [0, 0.05) is 22.1 Å². The van der Waals surface area contributed by atoms with Crippen LogP contribution >= 0.6 is 33.9 Å². The monoisotopic (exact) mass is 408 g/mol. The first-order valence-electron chi connectivity index (χ1n) is 6.60. The molecule has 0 bridgehead atoms. The van der Waals surface area contributed by atoms with Crippen molar-refractivity contribution in [2.75, 3.05) is 6.54 Å². The van der Waals surface area contributed by atoms with Crippen molar-refractivity contribution in [1.82, 2.24) is 10.3 Å². The lowest BCUT2D eigenvalue weighted by molar-refractivity contribution is 0.0954. The Hall–Kier alpha value is -1.47. The van der Waals surface area contributed by atoms with Gasteiger partial charge in [-0.05, 0) is 59.0 Å². The molecule has 0 fully saturated rings. The molecule has 106 valence electrons. The van der Waals surface area contributed by atoms with Crippen molar-refractivity contribution in [3.63, 3.8) is 0 Å². The van der Waals surface area contributed by atoms with E-state index in [1.54, 1.807) is 11.3 Å². The molecule has 0 saturated carbocycles. The van der Waals surface area contributed by atoms with Crippen molar-refractivity contribution >= 4 is 50.1 Å². The van der Waals surface area contributed by atoms with Crippen molar-refractivity contribution in [3.05, 3.63) is 62.7 Å². The van der Waals surface area contributed by atoms with Crippen LogP contribution < -0.4 is 5.32 Å². The Morgan fingerprint density at radius 3 is 2.67 bits per heavy atom. The highest BCUT2D eigenvalue weighted by atomic mass is 127. The minimum atomic E-state index is -0.0347. The minimum absolute atomic E-state index is 0.0347. The van der Waals surface area contributed by atoms with Crippen molar-refractivity contribution in [1.29, 1.82) is 0 Å². The Kier molecular flexibility index (Phi) is 4.50. The van der Waals surface area contributed by atoms with Crippen molar-refractivity contribution in [2.24, 2.45) is 0 Å². The Labute approximate surface area is 140 Å². The summed E-state index contributed by atoms with van der Waals surface area (Å²) < 4.78 is 2.31. The predicted molar refractivity (Wildman–Crippen MR) is 94.8 cm³/mol. The lowest BCUT2D eigenvalue weighted by Gasteiger charge is -2.03. The van der Waals surface area contributed by atoms with Gasteiger partial charge in [0.2, 0.25) is 0 Å². The summed E-state index contributed by atoms with van der Waals surface area (Å²) in [6.07, 6.45) is 0.759. The fourth-order valence-corrected chi connectivity index (χ4v) is 3.34. The van der Waals surface area contributed by atoms with E-state index < -0.39 is 0 Å². The van der Waals surface area contributed by atoms with E-state index in [9.17, 15) is 4.79 Å². The first kappa shape index (κ1) is 14.5. The summed E-state index contributed by atoms with van der Waals surface area (Å²) in [5, 5.41) is 3.99. The van der Waals surface area contributed by atoms with Crippen LogP contribution in [0.25, 0.3) is 10.2 Å². The normalized spacial score (nSPS) is 10.7. The van der Waals surface area contributed by atoms with Gasteiger partial charge in [0.05, 0.1) is 15.2 Å². The summed E-state index contributed by atoms with van der Waals surface area (Å²) in [6.45, 7) is 0.602. The lowest BCUT2D eigenvalue weighted by Crippen LogP contribution is -2.25. The molecule has 1 amide bonds. The van der Waals surface area contributed by atoms with Gasteiger partial charge in [-0.1, -0.05) is 12.1 Å². The van der Waals surface area contributed by atoms with Gasteiger partial charge in [0.15, 0.2) is 0 Å². The van der Waals surface area contributed by atoms with E-state index in [4.69, 9.17) is 0 Å². The minimum Gasteiger partial charge on any atom is -0.352 e. The molecular weight excluding hydrogens is 395 g/mol. The molecule has 3 rings (SSSR count). The average molecular weight is 408 g/mol. The van der Waals surface area contributed by atoms with Crippen LogP contribution in [0.2, 0.25) is 0 Å². The number of hydrogen-bond donors (Lipinski definition) is 1. The maximum atomic E-state index is 12.0. The maximum Gasteiger partial charge on any atom is 0.251 e. The molecule has 0 spiro atoms. The highest BCUT2D eigenvalue weighted by molar-refractivity contribution is 14.1. The Balaban J connectivity index is 1.58. The third-order valence-corrected chi connectivity index (χ3v) is 4.88. The summed E-state index contributed by atoms with van der Waals surface area (Å²) in [5.41, 5.74) is 1.72. The quantitative estimate of drug-likeness (QED) is 0.666. The molecule has 2 aromatic carbocycles. The number of nitrogens with one attached hydrogen (secondary N) is 1. The van der Waals surface area contributed by atoms with Gasteiger partial charge in [0.1, 0.15) is 0 Å². The number of benzene rings is 2. The van der Waals surface area contributed by atoms with Gasteiger partial charge >= 0.3 is 0 Å². The van der Waals surface area contributed by atoms with E-state index in [2.05, 4.69) is 39.0 Å². The predicted octanol–water partition coefficient (Wildman–Crippen LogP) is 3.87. The number of para-hydroxylation sites is 1. The number of thiazole rings is 1. The molecule has 1 N–H and O–H groups in total. The van der Waals surface area contributed by atoms with Crippen LogP contribution in [0.5, 0.6) is 0 Å². The molecule has 0 unspecified atom stereocenters.